The van der Waals surface area contributed by atoms with Gasteiger partial charge in [-0.05, 0) is 66.3 Å². The van der Waals surface area contributed by atoms with Gasteiger partial charge in [-0.3, -0.25) is 9.59 Å². The van der Waals surface area contributed by atoms with Gasteiger partial charge in [-0.2, -0.15) is 0 Å². The third-order valence-corrected chi connectivity index (χ3v) is 9.81. The van der Waals surface area contributed by atoms with E-state index in [1.165, 1.54) is 5.56 Å². The molecule has 2 N–H and O–H groups in total. The Labute approximate surface area is 253 Å². The average Bonchev–Trinajstić information content (AvgIpc) is 3.01. The molecule has 0 saturated carbocycles. The number of aromatic nitrogens is 2. The number of hydrogen-bond acceptors (Lipinski definition) is 2. The van der Waals surface area contributed by atoms with Crippen LogP contribution in [-0.4, -0.2) is 9.97 Å². The summed E-state index contributed by atoms with van der Waals surface area (Å²) in [5.41, 5.74) is 5.00. The minimum Gasteiger partial charge on any atom is -0.354 e. The quantitative estimate of drug-likeness (QED) is 0.146. The molecule has 0 fully saturated rings. The standard InChI is InChI=1S/C37H22Cl2N2O2/c1-3-17-10-12-24-21(14-17)28-26-16(2)6-4-7-19(26)36(42)32-30(28)34(40-24)33-31-29(27-20(37(33)43)8-5-9-23(27)39)22-15-18(38)11-13-25(22)41-35(31)32/h4-15,40-41H,3H2,1-2H3. The first-order valence-electron chi connectivity index (χ1n) is 14.3. The third kappa shape index (κ3) is 3.07. The molecule has 4 nitrogen and oxygen atoms in total. The Morgan fingerprint density at radius 3 is 1.84 bits per heavy atom. The number of aromatic amines is 2. The van der Waals surface area contributed by atoms with E-state index >= 15 is 0 Å². The van der Waals surface area contributed by atoms with Gasteiger partial charge < -0.3 is 9.97 Å². The molecule has 0 bridgehead atoms. The number of H-pyrrole nitrogens is 2. The van der Waals surface area contributed by atoms with E-state index < -0.39 is 0 Å². The van der Waals surface area contributed by atoms with Gasteiger partial charge in [0.2, 0.25) is 0 Å². The van der Waals surface area contributed by atoms with Gasteiger partial charge in [0.25, 0.3) is 0 Å². The summed E-state index contributed by atoms with van der Waals surface area (Å²) in [5, 5.41) is 10.00. The molecule has 2 aromatic heterocycles. The van der Waals surface area contributed by atoms with Crippen molar-refractivity contribution in [2.75, 3.05) is 0 Å². The number of aryl methyl sites for hydroxylation is 2. The fourth-order valence-electron chi connectivity index (χ4n) is 7.40. The van der Waals surface area contributed by atoms with Crippen LogP contribution in [0, 0.1) is 6.92 Å². The molecule has 2 heterocycles. The molecule has 206 valence electrons. The van der Waals surface area contributed by atoms with Crippen LogP contribution in [0.4, 0.5) is 0 Å². The largest absolute Gasteiger partial charge is 0.354 e. The predicted octanol–water partition coefficient (Wildman–Crippen LogP) is 9.90. The Morgan fingerprint density at radius 2 is 1.16 bits per heavy atom. The number of halogens is 2. The van der Waals surface area contributed by atoms with Crippen molar-refractivity contribution in [3.05, 3.63) is 114 Å². The number of nitrogens with one attached hydrogen (secondary N) is 2. The van der Waals surface area contributed by atoms with Crippen molar-refractivity contribution < 1.29 is 0 Å². The summed E-state index contributed by atoms with van der Waals surface area (Å²) in [6, 6.07) is 23.4. The first-order chi connectivity index (χ1) is 20.9. The molecule has 9 rings (SSSR count). The summed E-state index contributed by atoms with van der Waals surface area (Å²) in [5.74, 6) is 0. The molecule has 0 aliphatic heterocycles. The third-order valence-electron chi connectivity index (χ3n) is 9.26. The normalized spacial score (nSPS) is 12.5. The lowest BCUT2D eigenvalue weighted by Gasteiger charge is -2.20. The van der Waals surface area contributed by atoms with Gasteiger partial charge in [0.1, 0.15) is 0 Å². The van der Waals surface area contributed by atoms with E-state index in [4.69, 9.17) is 23.2 Å². The Kier molecular flexibility index (Phi) is 4.91. The van der Waals surface area contributed by atoms with Crippen LogP contribution in [0.1, 0.15) is 18.1 Å². The highest BCUT2D eigenvalue weighted by molar-refractivity contribution is 6.46. The number of benzene rings is 7. The molecule has 43 heavy (non-hydrogen) atoms. The van der Waals surface area contributed by atoms with Gasteiger partial charge in [0, 0.05) is 69.6 Å². The minimum absolute atomic E-state index is 0.0740. The lowest BCUT2D eigenvalue weighted by Crippen LogP contribution is -2.11. The van der Waals surface area contributed by atoms with Crippen LogP contribution in [0.3, 0.4) is 0 Å². The first kappa shape index (κ1) is 24.9. The molecule has 0 unspecified atom stereocenters. The zero-order valence-corrected chi connectivity index (χ0v) is 24.7. The maximum Gasteiger partial charge on any atom is 0.196 e. The van der Waals surface area contributed by atoms with Gasteiger partial charge >= 0.3 is 0 Å². The Bertz CT molecular complexity index is 2850. The second-order valence-electron chi connectivity index (χ2n) is 11.5. The molecule has 0 aliphatic rings. The predicted molar refractivity (Wildman–Crippen MR) is 183 cm³/mol. The first-order valence-corrected chi connectivity index (χ1v) is 15.1. The fourth-order valence-corrected chi connectivity index (χ4v) is 7.84. The van der Waals surface area contributed by atoms with Gasteiger partial charge in [-0.15, -0.1) is 0 Å². The SMILES string of the molecule is CCc1ccc2[nH]c3c4c(=O)c5cccc(Cl)c5c5c6cc(Cl)ccc6[nH]c(c6c(=O)c7cccc(C)c7c(c2c1)c36)c45. The highest BCUT2D eigenvalue weighted by Crippen LogP contribution is 2.46. The van der Waals surface area contributed by atoms with Crippen LogP contribution in [0.25, 0.3) is 86.7 Å². The van der Waals surface area contributed by atoms with Crippen LogP contribution in [0.2, 0.25) is 10.0 Å². The van der Waals surface area contributed by atoms with Crippen LogP contribution in [-0.2, 0) is 6.42 Å². The van der Waals surface area contributed by atoms with E-state index in [2.05, 4.69) is 35.1 Å². The molecule has 0 spiro atoms. The van der Waals surface area contributed by atoms with Crippen molar-refractivity contribution in [1.29, 1.82) is 0 Å². The van der Waals surface area contributed by atoms with Crippen molar-refractivity contribution >= 4 is 110 Å². The van der Waals surface area contributed by atoms with E-state index in [9.17, 15) is 9.59 Å². The smallest absolute Gasteiger partial charge is 0.196 e. The lowest BCUT2D eigenvalue weighted by atomic mass is 9.86. The molecule has 0 radical (unpaired) electrons. The summed E-state index contributed by atoms with van der Waals surface area (Å²) in [4.78, 5) is 36.5. The average molecular weight is 598 g/mol. The summed E-state index contributed by atoms with van der Waals surface area (Å²) >= 11 is 13.4. The van der Waals surface area contributed by atoms with Crippen molar-refractivity contribution in [2.45, 2.75) is 20.3 Å². The Balaban J connectivity index is 1.78. The second kappa shape index (κ2) is 8.47. The van der Waals surface area contributed by atoms with Crippen molar-refractivity contribution in [3.8, 4) is 0 Å². The van der Waals surface area contributed by atoms with E-state index in [-0.39, 0.29) is 10.9 Å². The van der Waals surface area contributed by atoms with Crippen LogP contribution in [0.5, 0.6) is 0 Å². The van der Waals surface area contributed by atoms with E-state index in [1.807, 2.05) is 55.5 Å². The lowest BCUT2D eigenvalue weighted by molar-refractivity contribution is 1.15. The topological polar surface area (TPSA) is 65.7 Å². The zero-order valence-electron chi connectivity index (χ0n) is 23.2. The van der Waals surface area contributed by atoms with Crippen molar-refractivity contribution in [2.24, 2.45) is 0 Å². The van der Waals surface area contributed by atoms with Crippen LogP contribution < -0.4 is 10.9 Å². The monoisotopic (exact) mass is 596 g/mol. The van der Waals surface area contributed by atoms with E-state index in [0.717, 1.165) is 55.3 Å². The number of fused-ring (bicyclic) bond motifs is 10. The molecule has 0 atom stereocenters. The van der Waals surface area contributed by atoms with Crippen molar-refractivity contribution in [1.82, 2.24) is 9.97 Å². The highest BCUT2D eigenvalue weighted by atomic mass is 35.5. The van der Waals surface area contributed by atoms with Crippen LogP contribution in [0.15, 0.2) is 82.4 Å². The Hall–Kier alpha value is -4.64. The summed E-state index contributed by atoms with van der Waals surface area (Å²) < 4.78 is 0. The number of hydrogen-bond donors (Lipinski definition) is 2. The molecule has 6 heteroatoms. The summed E-state index contributed by atoms with van der Waals surface area (Å²) in [6.07, 6.45) is 0.879. The van der Waals surface area contributed by atoms with Gasteiger partial charge in [0.15, 0.2) is 10.9 Å². The second-order valence-corrected chi connectivity index (χ2v) is 12.3. The molecule has 7 aromatic carbocycles. The van der Waals surface area contributed by atoms with Gasteiger partial charge in [-0.1, -0.05) is 66.5 Å². The van der Waals surface area contributed by atoms with Gasteiger partial charge in [0.05, 0.1) is 21.8 Å². The molecular formula is C37H22Cl2N2O2. The molecule has 0 saturated heterocycles. The van der Waals surface area contributed by atoms with Gasteiger partial charge in [-0.25, -0.2) is 0 Å². The van der Waals surface area contributed by atoms with Crippen molar-refractivity contribution in [3.63, 3.8) is 0 Å². The maximum absolute atomic E-state index is 14.7. The highest BCUT2D eigenvalue weighted by Gasteiger charge is 2.26. The fraction of sp³-hybridized carbons (Fsp3) is 0.0811. The number of rotatable bonds is 1. The van der Waals surface area contributed by atoms with E-state index in [1.54, 1.807) is 6.07 Å². The number of pyridine rings is 2. The Morgan fingerprint density at radius 1 is 0.581 bits per heavy atom. The minimum atomic E-state index is -0.133. The maximum atomic E-state index is 14.7. The summed E-state index contributed by atoms with van der Waals surface area (Å²) in [7, 11) is 0. The molecule has 9 aromatic rings. The molecular weight excluding hydrogens is 575 g/mol. The summed E-state index contributed by atoms with van der Waals surface area (Å²) in [6.45, 7) is 4.18. The van der Waals surface area contributed by atoms with E-state index in [0.29, 0.717) is 53.4 Å². The van der Waals surface area contributed by atoms with Crippen LogP contribution >= 0.6 is 23.2 Å². The molecule has 0 aliphatic carbocycles. The zero-order chi connectivity index (χ0) is 29.3. The molecule has 0 amide bonds.